The summed E-state index contributed by atoms with van der Waals surface area (Å²) in [7, 11) is 0. The number of hydrogen-bond donors (Lipinski definition) is 1. The maximum atomic E-state index is 4.85. The van der Waals surface area contributed by atoms with Crippen molar-refractivity contribution >= 4 is 33.4 Å². The Bertz CT molecular complexity index is 995. The highest BCUT2D eigenvalue weighted by molar-refractivity contribution is 5.95. The molecule has 126 valence electrons. The Morgan fingerprint density at radius 3 is 2.60 bits per heavy atom. The minimum atomic E-state index is 0.925. The van der Waals surface area contributed by atoms with Crippen LogP contribution in [0.1, 0.15) is 26.2 Å². The second kappa shape index (κ2) is 6.98. The zero-order valence-corrected chi connectivity index (χ0v) is 14.6. The molecule has 0 bridgehead atoms. The maximum Gasteiger partial charge on any atom is 0.208 e. The van der Waals surface area contributed by atoms with Gasteiger partial charge in [-0.05, 0) is 30.0 Å². The molecule has 1 N–H and O–H groups in total. The van der Waals surface area contributed by atoms with E-state index in [2.05, 4.69) is 77.5 Å². The molecule has 3 nitrogen and oxygen atoms in total. The number of nitrogens with one attached hydrogen (secondary N) is 1. The van der Waals surface area contributed by atoms with Gasteiger partial charge in [0.15, 0.2) is 0 Å². The van der Waals surface area contributed by atoms with Crippen LogP contribution in [-0.2, 0) is 6.54 Å². The summed E-state index contributed by atoms with van der Waals surface area (Å²) in [5.41, 5.74) is 3.34. The summed E-state index contributed by atoms with van der Waals surface area (Å²) in [4.78, 5) is 4.85. The molecule has 4 rings (SSSR count). The topological polar surface area (TPSA) is 29.9 Å². The molecule has 0 atom stereocenters. The van der Waals surface area contributed by atoms with E-state index in [0.29, 0.717) is 0 Å². The van der Waals surface area contributed by atoms with E-state index in [1.807, 2.05) is 6.07 Å². The highest BCUT2D eigenvalue weighted by Crippen LogP contribution is 2.28. The van der Waals surface area contributed by atoms with Gasteiger partial charge in [-0.1, -0.05) is 68.3 Å². The molecule has 1 aromatic heterocycles. The Kier molecular flexibility index (Phi) is 4.38. The van der Waals surface area contributed by atoms with Crippen LogP contribution in [-0.4, -0.2) is 9.55 Å². The number of hydrogen-bond acceptors (Lipinski definition) is 2. The molecule has 0 aliphatic rings. The molecule has 1 heterocycles. The third kappa shape index (κ3) is 3.10. The van der Waals surface area contributed by atoms with E-state index in [9.17, 15) is 0 Å². The Hall–Kier alpha value is -2.81. The van der Waals surface area contributed by atoms with Gasteiger partial charge in [-0.25, -0.2) is 4.98 Å². The summed E-state index contributed by atoms with van der Waals surface area (Å²) < 4.78 is 2.31. The first-order valence-electron chi connectivity index (χ1n) is 9.07. The lowest BCUT2D eigenvalue weighted by Crippen LogP contribution is -2.04. The Morgan fingerprint density at radius 2 is 1.68 bits per heavy atom. The van der Waals surface area contributed by atoms with Gasteiger partial charge >= 0.3 is 0 Å². The van der Waals surface area contributed by atoms with Crippen molar-refractivity contribution in [2.75, 3.05) is 5.32 Å². The third-order valence-corrected chi connectivity index (χ3v) is 4.68. The number of anilines is 2. The van der Waals surface area contributed by atoms with Crippen LogP contribution in [0.3, 0.4) is 0 Å². The van der Waals surface area contributed by atoms with Gasteiger partial charge in [-0.3, -0.25) is 0 Å². The second-order valence-electron chi connectivity index (χ2n) is 6.43. The summed E-state index contributed by atoms with van der Waals surface area (Å²) in [6.45, 7) is 3.22. The molecular formula is C22H23N3. The molecule has 25 heavy (non-hydrogen) atoms. The predicted molar refractivity (Wildman–Crippen MR) is 106 cm³/mol. The van der Waals surface area contributed by atoms with E-state index in [0.717, 1.165) is 23.7 Å². The van der Waals surface area contributed by atoms with Gasteiger partial charge < -0.3 is 9.88 Å². The van der Waals surface area contributed by atoms with Crippen molar-refractivity contribution in [2.24, 2.45) is 0 Å². The third-order valence-electron chi connectivity index (χ3n) is 4.68. The van der Waals surface area contributed by atoms with Crippen LogP contribution >= 0.6 is 0 Å². The number of aromatic nitrogens is 2. The number of imidazole rings is 1. The number of rotatable bonds is 6. The van der Waals surface area contributed by atoms with Crippen molar-refractivity contribution in [3.63, 3.8) is 0 Å². The number of benzene rings is 3. The average Bonchev–Trinajstić information content (AvgIpc) is 3.00. The van der Waals surface area contributed by atoms with Crippen LogP contribution in [0.5, 0.6) is 0 Å². The number of para-hydroxylation sites is 2. The van der Waals surface area contributed by atoms with Crippen molar-refractivity contribution in [1.29, 1.82) is 0 Å². The minimum Gasteiger partial charge on any atom is -0.325 e. The van der Waals surface area contributed by atoms with E-state index in [1.165, 1.54) is 35.6 Å². The van der Waals surface area contributed by atoms with E-state index in [-0.39, 0.29) is 0 Å². The molecule has 0 aliphatic heterocycles. The molecule has 0 saturated carbocycles. The monoisotopic (exact) mass is 329 g/mol. The van der Waals surface area contributed by atoms with Crippen LogP contribution in [0, 0.1) is 0 Å². The molecule has 0 radical (unpaired) electrons. The molecule has 0 saturated heterocycles. The molecule has 0 amide bonds. The molecule has 4 aromatic rings. The lowest BCUT2D eigenvalue weighted by atomic mass is 10.1. The lowest BCUT2D eigenvalue weighted by molar-refractivity contribution is 0.618. The predicted octanol–water partition coefficient (Wildman–Crippen LogP) is 6.12. The fourth-order valence-corrected chi connectivity index (χ4v) is 3.37. The van der Waals surface area contributed by atoms with Gasteiger partial charge in [-0.15, -0.1) is 0 Å². The quantitative estimate of drug-likeness (QED) is 0.432. The van der Waals surface area contributed by atoms with Gasteiger partial charge in [0.25, 0.3) is 0 Å². The summed E-state index contributed by atoms with van der Waals surface area (Å²) in [6, 6.07) is 23.2. The number of fused-ring (bicyclic) bond motifs is 2. The molecular weight excluding hydrogens is 306 g/mol. The van der Waals surface area contributed by atoms with Gasteiger partial charge in [0.1, 0.15) is 0 Å². The Morgan fingerprint density at radius 1 is 0.880 bits per heavy atom. The number of nitrogens with zero attached hydrogens (tertiary/aromatic N) is 2. The first-order valence-corrected chi connectivity index (χ1v) is 9.07. The van der Waals surface area contributed by atoms with Gasteiger partial charge in [0.05, 0.1) is 11.0 Å². The van der Waals surface area contributed by atoms with E-state index in [1.54, 1.807) is 0 Å². The first kappa shape index (κ1) is 15.7. The van der Waals surface area contributed by atoms with Crippen molar-refractivity contribution in [1.82, 2.24) is 9.55 Å². The smallest absolute Gasteiger partial charge is 0.208 e. The van der Waals surface area contributed by atoms with Crippen LogP contribution in [0.25, 0.3) is 21.8 Å². The zero-order valence-electron chi connectivity index (χ0n) is 14.6. The fraction of sp³-hybridized carbons (Fsp3) is 0.227. The van der Waals surface area contributed by atoms with Crippen molar-refractivity contribution in [3.8, 4) is 0 Å². The normalized spacial score (nSPS) is 11.2. The zero-order chi connectivity index (χ0) is 17.1. The molecule has 0 fully saturated rings. The minimum absolute atomic E-state index is 0.925. The van der Waals surface area contributed by atoms with Crippen molar-refractivity contribution < 1.29 is 0 Å². The molecule has 3 aromatic carbocycles. The molecule has 0 spiro atoms. The largest absolute Gasteiger partial charge is 0.325 e. The van der Waals surface area contributed by atoms with E-state index in [4.69, 9.17) is 4.98 Å². The van der Waals surface area contributed by atoms with E-state index >= 15 is 0 Å². The summed E-state index contributed by atoms with van der Waals surface area (Å²) in [5, 5.41) is 6.04. The highest BCUT2D eigenvalue weighted by Gasteiger charge is 2.11. The van der Waals surface area contributed by atoms with Crippen LogP contribution < -0.4 is 5.32 Å². The SMILES string of the molecule is CCCCCn1c(Nc2cccc3ccccc23)nc2ccccc21. The van der Waals surface area contributed by atoms with E-state index < -0.39 is 0 Å². The standard InChI is InChI=1S/C22H23N3/c1-2-3-8-16-25-21-15-7-6-13-20(21)24-22(25)23-19-14-9-11-17-10-4-5-12-18(17)19/h4-7,9-15H,2-3,8,16H2,1H3,(H,23,24). The van der Waals surface area contributed by atoms with Crippen LogP contribution in [0.4, 0.5) is 11.6 Å². The summed E-state index contributed by atoms with van der Waals surface area (Å²) in [5.74, 6) is 0.925. The summed E-state index contributed by atoms with van der Waals surface area (Å²) >= 11 is 0. The Balaban J connectivity index is 1.76. The summed E-state index contributed by atoms with van der Waals surface area (Å²) in [6.07, 6.45) is 3.63. The van der Waals surface area contributed by atoms with Crippen LogP contribution in [0.15, 0.2) is 66.7 Å². The highest BCUT2D eigenvalue weighted by atomic mass is 15.2. The number of aryl methyl sites for hydroxylation is 1. The van der Waals surface area contributed by atoms with Gasteiger partial charge in [0.2, 0.25) is 5.95 Å². The fourth-order valence-electron chi connectivity index (χ4n) is 3.37. The van der Waals surface area contributed by atoms with Gasteiger partial charge in [-0.2, -0.15) is 0 Å². The van der Waals surface area contributed by atoms with Crippen molar-refractivity contribution in [3.05, 3.63) is 66.7 Å². The van der Waals surface area contributed by atoms with Crippen LogP contribution in [0.2, 0.25) is 0 Å². The first-order chi connectivity index (χ1) is 12.4. The second-order valence-corrected chi connectivity index (χ2v) is 6.43. The molecule has 3 heteroatoms. The Labute approximate surface area is 148 Å². The van der Waals surface area contributed by atoms with Crippen molar-refractivity contribution in [2.45, 2.75) is 32.7 Å². The number of unbranched alkanes of at least 4 members (excludes halogenated alkanes) is 2. The lowest BCUT2D eigenvalue weighted by Gasteiger charge is -2.12. The van der Waals surface area contributed by atoms with Gasteiger partial charge in [0, 0.05) is 17.6 Å². The maximum absolute atomic E-state index is 4.85. The average molecular weight is 329 g/mol. The molecule has 0 aliphatic carbocycles. The molecule has 0 unspecified atom stereocenters.